The summed E-state index contributed by atoms with van der Waals surface area (Å²) in [7, 11) is 0. The molecule has 1 aliphatic heterocycles. The monoisotopic (exact) mass is 652 g/mol. The van der Waals surface area contributed by atoms with Crippen LogP contribution in [-0.2, 0) is 0 Å². The highest BCUT2D eigenvalue weighted by molar-refractivity contribution is 5.84. The number of hydrogen-bond donors (Lipinski definition) is 1. The molecule has 1 N–H and O–H groups in total. The number of para-hydroxylation sites is 1. The summed E-state index contributed by atoms with van der Waals surface area (Å²) in [5, 5.41) is 8.35. The molecule has 4 rings (SSSR count). The molecule has 2 aliphatic carbocycles. The maximum Gasteiger partial charge on any atom is 0.0633 e. The van der Waals surface area contributed by atoms with E-state index in [1.165, 1.54) is 6.21 Å². The molecular weight excluding hydrogens is 597 g/mol. The fraction of sp³-hybridized carbons (Fsp3) is 0.333. The van der Waals surface area contributed by atoms with E-state index in [1.54, 1.807) is 0 Å². The van der Waals surface area contributed by atoms with E-state index in [9.17, 15) is 0 Å². The van der Waals surface area contributed by atoms with Gasteiger partial charge < -0.3 is 15.2 Å². The highest BCUT2D eigenvalue weighted by Gasteiger charge is 2.48. The molecule has 0 radical (unpaired) electrons. The van der Waals surface area contributed by atoms with Crippen molar-refractivity contribution in [3.05, 3.63) is 165 Å². The van der Waals surface area contributed by atoms with Gasteiger partial charge in [0.05, 0.1) is 23.5 Å². The number of dihydropyridines is 1. The smallest absolute Gasteiger partial charge is 0.0633 e. The van der Waals surface area contributed by atoms with Gasteiger partial charge in [0, 0.05) is 35.4 Å². The maximum absolute atomic E-state index is 8.35. The van der Waals surface area contributed by atoms with Gasteiger partial charge in [-0.05, 0) is 91.6 Å². The molecule has 0 aromatic heterocycles. The first kappa shape index (κ1) is 37.1. The van der Waals surface area contributed by atoms with Gasteiger partial charge in [-0.1, -0.05) is 107 Å². The Morgan fingerprint density at radius 1 is 1.00 bits per heavy atom. The lowest BCUT2D eigenvalue weighted by molar-refractivity contribution is 0.194. The van der Waals surface area contributed by atoms with Gasteiger partial charge in [0.25, 0.3) is 0 Å². The maximum atomic E-state index is 8.35. The van der Waals surface area contributed by atoms with Crippen LogP contribution in [0.4, 0.5) is 5.69 Å². The molecule has 4 nitrogen and oxygen atoms in total. The molecule has 4 heteroatoms. The summed E-state index contributed by atoms with van der Waals surface area (Å²) in [6.07, 6.45) is 28.5. The Bertz CT molecular complexity index is 1590. The first-order valence-corrected chi connectivity index (χ1v) is 17.6. The fourth-order valence-electron chi connectivity index (χ4n) is 7.60. The highest BCUT2D eigenvalue weighted by atomic mass is 15.2. The topological polar surface area (TPSA) is 42.7 Å². The zero-order chi connectivity index (χ0) is 35.6. The molecule has 256 valence electrons. The van der Waals surface area contributed by atoms with E-state index < -0.39 is 0 Å². The second-order valence-electron chi connectivity index (χ2n) is 13.9. The molecule has 1 aromatic carbocycles. The van der Waals surface area contributed by atoms with Crippen molar-refractivity contribution in [2.45, 2.75) is 70.9 Å². The predicted molar refractivity (Wildman–Crippen MR) is 214 cm³/mol. The number of nitrogens with zero attached hydrogens (tertiary/aromatic N) is 3. The Hall–Kier alpha value is -4.70. The minimum Gasteiger partial charge on any atom is -0.337 e. The second-order valence-corrected chi connectivity index (χ2v) is 13.9. The van der Waals surface area contributed by atoms with E-state index in [-0.39, 0.29) is 23.3 Å². The Morgan fingerprint density at radius 2 is 1.69 bits per heavy atom. The zero-order valence-electron chi connectivity index (χ0n) is 29.9. The molecule has 49 heavy (non-hydrogen) atoms. The minimum absolute atomic E-state index is 0.0139. The number of aliphatic imine (C=N–C) groups is 1. The lowest BCUT2D eigenvalue weighted by Gasteiger charge is -2.40. The van der Waals surface area contributed by atoms with Crippen molar-refractivity contribution >= 4 is 18.1 Å². The number of nitrogens with one attached hydrogen (secondary N) is 1. The van der Waals surface area contributed by atoms with E-state index in [0.717, 1.165) is 78.1 Å². The summed E-state index contributed by atoms with van der Waals surface area (Å²) in [6.45, 7) is 35.2. The predicted octanol–water partition coefficient (Wildman–Crippen LogP) is 11.5. The van der Waals surface area contributed by atoms with Gasteiger partial charge in [-0.3, -0.25) is 4.99 Å². The molecule has 5 unspecified atom stereocenters. The first-order valence-electron chi connectivity index (χ1n) is 17.6. The number of unbranched alkanes of at least 4 members (excludes halogenated alkanes) is 1. The summed E-state index contributed by atoms with van der Waals surface area (Å²) in [4.78, 5) is 9.39. The van der Waals surface area contributed by atoms with Gasteiger partial charge >= 0.3 is 0 Å². The summed E-state index contributed by atoms with van der Waals surface area (Å²) < 4.78 is 0. The quantitative estimate of drug-likeness (QED) is 0.0742. The molecule has 1 fully saturated rings. The molecule has 0 amide bonds. The molecule has 3 aliphatic rings. The van der Waals surface area contributed by atoms with Crippen LogP contribution >= 0.6 is 0 Å². The van der Waals surface area contributed by atoms with Crippen LogP contribution in [0.15, 0.2) is 170 Å². The lowest BCUT2D eigenvalue weighted by atomic mass is 9.71. The summed E-state index contributed by atoms with van der Waals surface area (Å²) >= 11 is 0. The van der Waals surface area contributed by atoms with Crippen molar-refractivity contribution < 1.29 is 0 Å². The van der Waals surface area contributed by atoms with E-state index in [4.69, 9.17) is 17.0 Å². The summed E-state index contributed by atoms with van der Waals surface area (Å²) in [5.74, 6) is 0.523. The van der Waals surface area contributed by atoms with Crippen LogP contribution in [0.25, 0.3) is 0 Å². The van der Waals surface area contributed by atoms with Gasteiger partial charge in [0.1, 0.15) is 0 Å². The number of hydrogen-bond acceptors (Lipinski definition) is 4. The van der Waals surface area contributed by atoms with Crippen LogP contribution in [0.1, 0.15) is 58.8 Å². The van der Waals surface area contributed by atoms with Crippen molar-refractivity contribution in [1.29, 1.82) is 5.41 Å². The van der Waals surface area contributed by atoms with E-state index >= 15 is 0 Å². The van der Waals surface area contributed by atoms with Gasteiger partial charge in [0.2, 0.25) is 0 Å². The van der Waals surface area contributed by atoms with Crippen LogP contribution in [0, 0.1) is 28.6 Å². The van der Waals surface area contributed by atoms with E-state index in [2.05, 4.69) is 99.6 Å². The third kappa shape index (κ3) is 8.48. The summed E-state index contributed by atoms with van der Waals surface area (Å²) in [5.41, 5.74) is 6.67. The minimum atomic E-state index is -0.179. The highest BCUT2D eigenvalue weighted by Crippen LogP contribution is 2.57. The number of benzene rings is 1. The van der Waals surface area contributed by atoms with Crippen LogP contribution in [0.3, 0.4) is 0 Å². The van der Waals surface area contributed by atoms with Gasteiger partial charge in [0.15, 0.2) is 0 Å². The van der Waals surface area contributed by atoms with E-state index in [1.807, 2.05) is 54.8 Å². The average Bonchev–Trinajstić information content (AvgIpc) is 3.26. The average molecular weight is 653 g/mol. The van der Waals surface area contributed by atoms with Gasteiger partial charge in [-0.2, -0.15) is 0 Å². The van der Waals surface area contributed by atoms with Crippen molar-refractivity contribution in [2.75, 3.05) is 4.90 Å². The Labute approximate surface area is 296 Å². The Kier molecular flexibility index (Phi) is 13.0. The van der Waals surface area contributed by atoms with Gasteiger partial charge in [-0.25, -0.2) is 0 Å². The first-order chi connectivity index (χ1) is 23.6. The van der Waals surface area contributed by atoms with Crippen molar-refractivity contribution in [3.8, 4) is 0 Å². The molecule has 1 saturated carbocycles. The molecule has 0 bridgehead atoms. The van der Waals surface area contributed by atoms with Crippen LogP contribution in [0.2, 0.25) is 0 Å². The van der Waals surface area contributed by atoms with Crippen molar-refractivity contribution in [3.63, 3.8) is 0 Å². The number of anilines is 1. The third-order valence-corrected chi connectivity index (χ3v) is 10.4. The Morgan fingerprint density at radius 3 is 2.33 bits per heavy atom. The van der Waals surface area contributed by atoms with Crippen LogP contribution in [0.5, 0.6) is 0 Å². The van der Waals surface area contributed by atoms with Crippen molar-refractivity contribution in [1.82, 2.24) is 4.90 Å². The molecule has 1 aromatic rings. The molecule has 1 heterocycles. The number of allylic oxidation sites excluding steroid dienone is 11. The third-order valence-electron chi connectivity index (χ3n) is 10.4. The molecule has 5 atom stereocenters. The molecule has 0 saturated heterocycles. The Balaban J connectivity index is 1.61. The number of fused-ring (bicyclic) bond motifs is 1. The zero-order valence-corrected chi connectivity index (χ0v) is 29.9. The van der Waals surface area contributed by atoms with Crippen molar-refractivity contribution in [2.24, 2.45) is 28.2 Å². The fourth-order valence-corrected chi connectivity index (χ4v) is 7.60. The molecular formula is C45H56N4. The SMILES string of the molecule is C=CCCC=CC=C(C=N)N(C(=C)CC1C(=C)C(=C)C(CC(=C)N(C2=CC3C=CCCC3N=C2)C(C=C)CC=C)C1(C)C)c1ccccc1. The normalized spacial score (nSPS) is 23.4. The second kappa shape index (κ2) is 17.1. The lowest BCUT2D eigenvalue weighted by Crippen LogP contribution is -2.37. The van der Waals surface area contributed by atoms with E-state index in [0.29, 0.717) is 18.4 Å². The molecule has 0 spiro atoms. The van der Waals surface area contributed by atoms with Crippen LogP contribution < -0.4 is 4.90 Å². The standard InChI is InChI=1S/C45H56N4/c1-10-13-14-15-17-26-40(31-46)49(39-24-18-16-19-25-39)34(5)29-43-36(7)35(6)42(45(43,8)9)28-33(4)48(38(12-3)22-11-2)41-30-37-23-20-21-27-44(37)47-32-41/h10-12,15-20,23-26,30-32,37-38,42-44,46H,1-7,13-14,21-22,27-29H2,8-9H3. The van der Waals surface area contributed by atoms with Gasteiger partial charge in [-0.15, -0.1) is 19.7 Å². The van der Waals surface area contributed by atoms with Crippen LogP contribution in [-0.4, -0.2) is 29.4 Å². The number of rotatable bonds is 18. The summed E-state index contributed by atoms with van der Waals surface area (Å²) in [6, 6.07) is 10.5. The largest absolute Gasteiger partial charge is 0.337 e.